The van der Waals surface area contributed by atoms with Gasteiger partial charge in [-0.2, -0.15) is 0 Å². The summed E-state index contributed by atoms with van der Waals surface area (Å²) in [4.78, 5) is 11.9. The lowest BCUT2D eigenvalue weighted by molar-refractivity contribution is 0.0992. The molecule has 0 aliphatic rings. The molecule has 0 atom stereocenters. The van der Waals surface area contributed by atoms with Crippen molar-refractivity contribution in [3.63, 3.8) is 0 Å². The van der Waals surface area contributed by atoms with Gasteiger partial charge < -0.3 is 0 Å². The molecular formula is C14H8Cl2F2O. The van der Waals surface area contributed by atoms with Crippen LogP contribution in [0.2, 0.25) is 10.0 Å². The van der Waals surface area contributed by atoms with Gasteiger partial charge in [0.05, 0.1) is 0 Å². The summed E-state index contributed by atoms with van der Waals surface area (Å²) in [5, 5.41) is 0.831. The molecule has 2 aromatic rings. The zero-order valence-electron chi connectivity index (χ0n) is 9.59. The maximum absolute atomic E-state index is 13.0. The van der Waals surface area contributed by atoms with E-state index in [1.807, 2.05) is 0 Å². The smallest absolute Gasteiger partial charge is 0.167 e. The van der Waals surface area contributed by atoms with Crippen molar-refractivity contribution in [3.8, 4) is 0 Å². The van der Waals surface area contributed by atoms with E-state index in [2.05, 4.69) is 0 Å². The molecule has 1 nitrogen and oxygen atoms in total. The summed E-state index contributed by atoms with van der Waals surface area (Å²) in [5.74, 6) is -2.38. The molecule has 98 valence electrons. The normalized spacial score (nSPS) is 10.5. The molecule has 0 radical (unpaired) electrons. The van der Waals surface area contributed by atoms with Crippen LogP contribution >= 0.6 is 23.2 Å². The number of halogens is 4. The summed E-state index contributed by atoms with van der Waals surface area (Å²) in [7, 11) is 0. The first-order chi connectivity index (χ1) is 8.97. The van der Waals surface area contributed by atoms with Crippen LogP contribution in [0.1, 0.15) is 15.9 Å². The highest BCUT2D eigenvalue weighted by Gasteiger charge is 2.12. The zero-order chi connectivity index (χ0) is 14.0. The minimum Gasteiger partial charge on any atom is -0.294 e. The quantitative estimate of drug-likeness (QED) is 0.751. The van der Waals surface area contributed by atoms with Gasteiger partial charge in [0.1, 0.15) is 0 Å². The molecule has 0 saturated heterocycles. The van der Waals surface area contributed by atoms with Crippen LogP contribution in [0.4, 0.5) is 8.78 Å². The Kier molecular flexibility index (Phi) is 4.17. The lowest BCUT2D eigenvalue weighted by Crippen LogP contribution is -2.05. The van der Waals surface area contributed by atoms with Crippen LogP contribution < -0.4 is 0 Å². The number of Topliss-reactive ketones (excluding diaryl/α,β-unsaturated/α-hetero) is 1. The maximum Gasteiger partial charge on any atom is 0.167 e. The predicted octanol–water partition coefficient (Wildman–Crippen LogP) is 4.70. The lowest BCUT2D eigenvalue weighted by atomic mass is 10.0. The Morgan fingerprint density at radius 2 is 1.74 bits per heavy atom. The van der Waals surface area contributed by atoms with Gasteiger partial charge in [-0.1, -0.05) is 29.3 Å². The van der Waals surface area contributed by atoms with Gasteiger partial charge in [-0.25, -0.2) is 8.78 Å². The Balaban J connectivity index is 2.23. The second-order valence-electron chi connectivity index (χ2n) is 3.96. The van der Waals surface area contributed by atoms with E-state index in [-0.39, 0.29) is 17.8 Å². The molecule has 0 spiro atoms. The van der Waals surface area contributed by atoms with Gasteiger partial charge in [-0.05, 0) is 35.9 Å². The summed E-state index contributed by atoms with van der Waals surface area (Å²) in [6.45, 7) is 0. The summed E-state index contributed by atoms with van der Waals surface area (Å²) in [6, 6.07) is 7.80. The highest BCUT2D eigenvalue weighted by Crippen LogP contribution is 2.22. The summed E-state index contributed by atoms with van der Waals surface area (Å²) in [6.07, 6.45) is 0.00107. The fourth-order valence-electron chi connectivity index (χ4n) is 1.61. The minimum absolute atomic E-state index is 0.00107. The average molecular weight is 301 g/mol. The van der Waals surface area contributed by atoms with Crippen molar-refractivity contribution < 1.29 is 13.6 Å². The van der Waals surface area contributed by atoms with Crippen LogP contribution in [-0.2, 0) is 6.42 Å². The Hall–Kier alpha value is -1.45. The Morgan fingerprint density at radius 3 is 2.37 bits per heavy atom. The Morgan fingerprint density at radius 1 is 1.00 bits per heavy atom. The number of carbonyl (C=O) groups excluding carboxylic acids is 1. The molecule has 0 heterocycles. The standard InChI is InChI=1S/C14H8Cl2F2O/c15-10-3-1-8(11(16)7-10)6-14(19)9-2-4-12(17)13(18)5-9/h1-5,7H,6H2. The Bertz CT molecular complexity index is 641. The number of carbonyl (C=O) groups is 1. The predicted molar refractivity (Wildman–Crippen MR) is 70.9 cm³/mol. The van der Waals surface area contributed by atoms with Crippen molar-refractivity contribution in [2.45, 2.75) is 6.42 Å². The van der Waals surface area contributed by atoms with E-state index in [1.54, 1.807) is 12.1 Å². The zero-order valence-corrected chi connectivity index (χ0v) is 11.1. The highest BCUT2D eigenvalue weighted by atomic mass is 35.5. The van der Waals surface area contributed by atoms with Crippen LogP contribution in [-0.4, -0.2) is 5.78 Å². The molecule has 0 unspecified atom stereocenters. The third-order valence-corrected chi connectivity index (χ3v) is 3.19. The second kappa shape index (κ2) is 5.68. The van der Waals surface area contributed by atoms with E-state index in [1.165, 1.54) is 12.1 Å². The van der Waals surface area contributed by atoms with Gasteiger partial charge in [0.2, 0.25) is 0 Å². The van der Waals surface area contributed by atoms with Gasteiger partial charge in [0.15, 0.2) is 17.4 Å². The van der Waals surface area contributed by atoms with E-state index < -0.39 is 11.6 Å². The monoisotopic (exact) mass is 300 g/mol. The van der Waals surface area contributed by atoms with Crippen LogP contribution in [0.15, 0.2) is 36.4 Å². The van der Waals surface area contributed by atoms with Crippen LogP contribution in [0.5, 0.6) is 0 Å². The third-order valence-electron chi connectivity index (χ3n) is 2.61. The van der Waals surface area contributed by atoms with Gasteiger partial charge in [0, 0.05) is 22.0 Å². The van der Waals surface area contributed by atoms with Crippen LogP contribution in [0, 0.1) is 11.6 Å². The SMILES string of the molecule is O=C(Cc1ccc(Cl)cc1Cl)c1ccc(F)c(F)c1. The van der Waals surface area contributed by atoms with Crippen molar-refractivity contribution in [1.82, 2.24) is 0 Å². The molecule has 0 saturated carbocycles. The van der Waals surface area contributed by atoms with E-state index >= 15 is 0 Å². The fraction of sp³-hybridized carbons (Fsp3) is 0.0714. The molecular weight excluding hydrogens is 293 g/mol. The number of rotatable bonds is 3. The van der Waals surface area contributed by atoms with E-state index in [0.29, 0.717) is 15.6 Å². The number of hydrogen-bond acceptors (Lipinski definition) is 1. The molecule has 0 bridgehead atoms. The topological polar surface area (TPSA) is 17.1 Å². The second-order valence-corrected chi connectivity index (χ2v) is 4.81. The first kappa shape index (κ1) is 14.0. The van der Waals surface area contributed by atoms with E-state index in [0.717, 1.165) is 12.1 Å². The van der Waals surface area contributed by atoms with E-state index in [4.69, 9.17) is 23.2 Å². The highest BCUT2D eigenvalue weighted by molar-refractivity contribution is 6.35. The molecule has 0 fully saturated rings. The fourth-order valence-corrected chi connectivity index (χ4v) is 2.08. The molecule has 0 aliphatic heterocycles. The van der Waals surface area contributed by atoms with Crippen LogP contribution in [0.25, 0.3) is 0 Å². The summed E-state index contributed by atoms with van der Waals surface area (Å²) in [5.41, 5.74) is 0.686. The molecule has 0 aromatic heterocycles. The molecule has 5 heteroatoms. The van der Waals surface area contributed by atoms with Gasteiger partial charge >= 0.3 is 0 Å². The van der Waals surface area contributed by atoms with Crippen molar-refractivity contribution in [2.24, 2.45) is 0 Å². The van der Waals surface area contributed by atoms with Gasteiger partial charge in [0.25, 0.3) is 0 Å². The van der Waals surface area contributed by atoms with Crippen molar-refractivity contribution >= 4 is 29.0 Å². The number of benzene rings is 2. The van der Waals surface area contributed by atoms with Gasteiger partial charge in [-0.15, -0.1) is 0 Å². The Labute approximate surface area is 118 Å². The average Bonchev–Trinajstić information content (AvgIpc) is 2.36. The molecule has 0 aliphatic carbocycles. The largest absolute Gasteiger partial charge is 0.294 e. The van der Waals surface area contributed by atoms with E-state index in [9.17, 15) is 13.6 Å². The summed E-state index contributed by atoms with van der Waals surface area (Å²) < 4.78 is 25.8. The number of hydrogen-bond donors (Lipinski definition) is 0. The third kappa shape index (κ3) is 3.31. The van der Waals surface area contributed by atoms with Gasteiger partial charge in [-0.3, -0.25) is 4.79 Å². The number of ketones is 1. The maximum atomic E-state index is 13.0. The first-order valence-electron chi connectivity index (χ1n) is 5.39. The molecule has 2 rings (SSSR count). The lowest BCUT2D eigenvalue weighted by Gasteiger charge is -2.05. The molecule has 2 aromatic carbocycles. The van der Waals surface area contributed by atoms with Crippen LogP contribution in [0.3, 0.4) is 0 Å². The summed E-state index contributed by atoms with van der Waals surface area (Å²) >= 11 is 11.7. The van der Waals surface area contributed by atoms with Crippen molar-refractivity contribution in [2.75, 3.05) is 0 Å². The minimum atomic E-state index is -1.05. The molecule has 0 N–H and O–H groups in total. The molecule has 19 heavy (non-hydrogen) atoms. The first-order valence-corrected chi connectivity index (χ1v) is 6.15. The molecule has 0 amide bonds. The van der Waals surface area contributed by atoms with Crippen molar-refractivity contribution in [1.29, 1.82) is 0 Å². The van der Waals surface area contributed by atoms with Crippen molar-refractivity contribution in [3.05, 3.63) is 69.2 Å².